The molecule has 0 aliphatic rings. The molecule has 3 N–H and O–H groups in total. The Kier molecular flexibility index (Phi) is 5.68. The van der Waals surface area contributed by atoms with E-state index in [4.69, 9.17) is 0 Å². The van der Waals surface area contributed by atoms with Gasteiger partial charge in [-0.05, 0) is 49.2 Å². The third-order valence-corrected chi connectivity index (χ3v) is 3.38. The fraction of sp³-hybridized carbons (Fsp3) is 0.235. The van der Waals surface area contributed by atoms with Gasteiger partial charge < -0.3 is 10.3 Å². The summed E-state index contributed by atoms with van der Waals surface area (Å²) in [6.45, 7) is 4.00. The summed E-state index contributed by atoms with van der Waals surface area (Å²) in [5.41, 5.74) is 6.20. The minimum Gasteiger partial charge on any atom is -0.360 e. The first-order valence-electron chi connectivity index (χ1n) is 7.37. The van der Waals surface area contributed by atoms with Crippen molar-refractivity contribution in [1.29, 1.82) is 0 Å². The van der Waals surface area contributed by atoms with Crippen molar-refractivity contribution in [1.82, 2.24) is 10.4 Å². The van der Waals surface area contributed by atoms with Crippen LogP contribution in [0.5, 0.6) is 0 Å². The molecule has 0 fully saturated rings. The van der Waals surface area contributed by atoms with Crippen molar-refractivity contribution in [3.8, 4) is 0 Å². The number of anilines is 1. The van der Waals surface area contributed by atoms with Gasteiger partial charge in [-0.15, -0.1) is 0 Å². The molecule has 0 saturated carbocycles. The van der Waals surface area contributed by atoms with Crippen molar-refractivity contribution in [2.24, 2.45) is 5.10 Å². The molecule has 2 aromatic rings. The molecular weight excluding hydrogens is 292 g/mol. The third-order valence-electron chi connectivity index (χ3n) is 3.38. The Morgan fingerprint density at radius 1 is 1.13 bits per heavy atom. The van der Waals surface area contributed by atoms with Crippen LogP contribution in [0.4, 0.5) is 5.69 Å². The van der Waals surface area contributed by atoms with E-state index in [0.29, 0.717) is 0 Å². The zero-order valence-corrected chi connectivity index (χ0v) is 13.2. The van der Waals surface area contributed by atoms with Crippen LogP contribution in [0.25, 0.3) is 0 Å². The number of aromatic amines is 1. The summed E-state index contributed by atoms with van der Waals surface area (Å²) in [7, 11) is 0. The summed E-state index contributed by atoms with van der Waals surface area (Å²) in [4.78, 5) is 26.4. The molecule has 0 saturated heterocycles. The van der Waals surface area contributed by atoms with Gasteiger partial charge in [0.25, 0.3) is 0 Å². The summed E-state index contributed by atoms with van der Waals surface area (Å²) in [5, 5.41) is 6.59. The maximum atomic E-state index is 11.8. The van der Waals surface area contributed by atoms with Gasteiger partial charge in [-0.3, -0.25) is 9.59 Å². The van der Waals surface area contributed by atoms with Gasteiger partial charge in [0, 0.05) is 24.7 Å². The molecule has 23 heavy (non-hydrogen) atoms. The number of nitrogens with zero attached hydrogens (tertiary/aromatic N) is 1. The highest BCUT2D eigenvalue weighted by atomic mass is 16.2. The zero-order chi connectivity index (χ0) is 16.7. The number of hydrogen-bond donors (Lipinski definition) is 3. The van der Waals surface area contributed by atoms with E-state index in [1.54, 1.807) is 6.20 Å². The SMILES string of the molecule is Cc1ccc(NC(=O)CCC(=O)NN=Cc2ccc[nH]2)cc1C. The van der Waals surface area contributed by atoms with E-state index in [9.17, 15) is 9.59 Å². The Hall–Kier alpha value is -2.89. The summed E-state index contributed by atoms with van der Waals surface area (Å²) in [6, 6.07) is 9.37. The summed E-state index contributed by atoms with van der Waals surface area (Å²) in [6.07, 6.45) is 3.46. The number of carbonyl (C=O) groups excluding carboxylic acids is 2. The van der Waals surface area contributed by atoms with Crippen LogP contribution < -0.4 is 10.7 Å². The van der Waals surface area contributed by atoms with Crippen molar-refractivity contribution in [2.45, 2.75) is 26.7 Å². The number of benzene rings is 1. The molecule has 6 nitrogen and oxygen atoms in total. The van der Waals surface area contributed by atoms with Crippen LogP contribution >= 0.6 is 0 Å². The van der Waals surface area contributed by atoms with Crippen molar-refractivity contribution >= 4 is 23.7 Å². The number of amides is 2. The molecule has 0 spiro atoms. The molecule has 0 aliphatic carbocycles. The molecule has 1 aromatic heterocycles. The van der Waals surface area contributed by atoms with Gasteiger partial charge in [-0.2, -0.15) is 5.10 Å². The van der Waals surface area contributed by atoms with E-state index < -0.39 is 0 Å². The van der Waals surface area contributed by atoms with Gasteiger partial charge in [0.05, 0.1) is 11.9 Å². The molecule has 0 bridgehead atoms. The van der Waals surface area contributed by atoms with Crippen LogP contribution in [0.1, 0.15) is 29.7 Å². The van der Waals surface area contributed by atoms with Crippen molar-refractivity contribution < 1.29 is 9.59 Å². The second kappa shape index (κ2) is 7.93. The summed E-state index contributed by atoms with van der Waals surface area (Å²) in [5.74, 6) is -0.500. The van der Waals surface area contributed by atoms with E-state index in [2.05, 4.69) is 20.8 Å². The van der Waals surface area contributed by atoms with Crippen LogP contribution in [0.2, 0.25) is 0 Å². The number of hydrazone groups is 1. The third kappa shape index (κ3) is 5.43. The van der Waals surface area contributed by atoms with Crippen molar-refractivity contribution in [2.75, 3.05) is 5.32 Å². The van der Waals surface area contributed by atoms with Crippen LogP contribution in [-0.4, -0.2) is 23.0 Å². The second-order valence-corrected chi connectivity index (χ2v) is 5.27. The van der Waals surface area contributed by atoms with Gasteiger partial charge in [0.1, 0.15) is 0 Å². The number of H-pyrrole nitrogens is 1. The quantitative estimate of drug-likeness (QED) is 0.565. The smallest absolute Gasteiger partial charge is 0.240 e. The molecule has 2 amide bonds. The van der Waals surface area contributed by atoms with Crippen molar-refractivity contribution in [3.05, 3.63) is 53.3 Å². The van der Waals surface area contributed by atoms with Crippen molar-refractivity contribution in [3.63, 3.8) is 0 Å². The molecule has 0 unspecified atom stereocenters. The number of aryl methyl sites for hydroxylation is 2. The minimum absolute atomic E-state index is 0.0821. The first-order valence-corrected chi connectivity index (χ1v) is 7.37. The minimum atomic E-state index is -0.303. The lowest BCUT2D eigenvalue weighted by Crippen LogP contribution is -2.20. The average molecular weight is 312 g/mol. The molecule has 120 valence electrons. The maximum Gasteiger partial charge on any atom is 0.240 e. The van der Waals surface area contributed by atoms with E-state index in [1.807, 2.05) is 44.2 Å². The van der Waals surface area contributed by atoms with E-state index in [1.165, 1.54) is 11.8 Å². The largest absolute Gasteiger partial charge is 0.360 e. The first-order chi connectivity index (χ1) is 11.0. The van der Waals surface area contributed by atoms with Crippen LogP contribution in [0.3, 0.4) is 0 Å². The fourth-order valence-corrected chi connectivity index (χ4v) is 1.92. The highest BCUT2D eigenvalue weighted by molar-refractivity contribution is 5.93. The summed E-state index contributed by atoms with van der Waals surface area (Å²) < 4.78 is 0. The average Bonchev–Trinajstić information content (AvgIpc) is 3.02. The van der Waals surface area contributed by atoms with Gasteiger partial charge in [-0.25, -0.2) is 5.43 Å². The predicted molar refractivity (Wildman–Crippen MR) is 90.3 cm³/mol. The molecule has 6 heteroatoms. The van der Waals surface area contributed by atoms with Gasteiger partial charge in [0.15, 0.2) is 0 Å². The lowest BCUT2D eigenvalue weighted by atomic mass is 10.1. The molecule has 1 heterocycles. The van der Waals surface area contributed by atoms with Gasteiger partial charge >= 0.3 is 0 Å². The summed E-state index contributed by atoms with van der Waals surface area (Å²) >= 11 is 0. The number of aromatic nitrogens is 1. The normalized spacial score (nSPS) is 10.7. The van der Waals surface area contributed by atoms with E-state index >= 15 is 0 Å². The number of carbonyl (C=O) groups is 2. The van der Waals surface area contributed by atoms with Gasteiger partial charge in [-0.1, -0.05) is 6.07 Å². The Balaban J connectivity index is 1.73. The van der Waals surface area contributed by atoms with Crippen LogP contribution in [0, 0.1) is 13.8 Å². The standard InChI is InChI=1S/C17H20N4O2/c1-12-5-6-14(10-13(12)2)20-16(22)7-8-17(23)21-19-11-15-4-3-9-18-15/h3-6,9-11,18H,7-8H2,1-2H3,(H,20,22)(H,21,23). The Morgan fingerprint density at radius 2 is 1.91 bits per heavy atom. The molecule has 2 rings (SSSR count). The van der Waals surface area contributed by atoms with E-state index in [-0.39, 0.29) is 24.7 Å². The van der Waals surface area contributed by atoms with E-state index in [0.717, 1.165) is 16.9 Å². The molecule has 0 aliphatic heterocycles. The lowest BCUT2D eigenvalue weighted by Gasteiger charge is -2.07. The monoisotopic (exact) mass is 312 g/mol. The Bertz CT molecular complexity index is 705. The topological polar surface area (TPSA) is 86.3 Å². The molecule has 1 aromatic carbocycles. The maximum absolute atomic E-state index is 11.8. The lowest BCUT2D eigenvalue weighted by molar-refractivity contribution is -0.124. The Morgan fingerprint density at radius 3 is 2.61 bits per heavy atom. The number of nitrogens with one attached hydrogen (secondary N) is 3. The van der Waals surface area contributed by atoms with Gasteiger partial charge in [0.2, 0.25) is 11.8 Å². The second-order valence-electron chi connectivity index (χ2n) is 5.27. The number of rotatable bonds is 6. The highest BCUT2D eigenvalue weighted by Crippen LogP contribution is 2.14. The highest BCUT2D eigenvalue weighted by Gasteiger charge is 2.07. The number of hydrogen-bond acceptors (Lipinski definition) is 3. The molecule has 0 radical (unpaired) electrons. The Labute approximate surface area is 135 Å². The zero-order valence-electron chi connectivity index (χ0n) is 13.2. The molecular formula is C17H20N4O2. The molecule has 0 atom stereocenters. The fourth-order valence-electron chi connectivity index (χ4n) is 1.92. The predicted octanol–water partition coefficient (Wildman–Crippen LogP) is 2.50. The first kappa shape index (κ1) is 16.5. The van der Waals surface area contributed by atoms with Crippen LogP contribution in [0.15, 0.2) is 41.6 Å². The van der Waals surface area contributed by atoms with Crippen LogP contribution in [-0.2, 0) is 9.59 Å².